The van der Waals surface area contributed by atoms with E-state index in [-0.39, 0.29) is 0 Å². The molecule has 0 saturated heterocycles. The molecule has 1 saturated carbocycles. The largest absolute Gasteiger partial charge is 0.484 e. The predicted octanol–water partition coefficient (Wildman–Crippen LogP) is 1.95. The summed E-state index contributed by atoms with van der Waals surface area (Å²) in [4.78, 5) is 8.81. The first-order chi connectivity index (χ1) is 9.76. The van der Waals surface area contributed by atoms with Crippen LogP contribution in [-0.2, 0) is 13.2 Å². The summed E-state index contributed by atoms with van der Waals surface area (Å²) < 4.78 is 11.0. The summed E-state index contributed by atoms with van der Waals surface area (Å²) in [5.74, 6) is 2.55. The second-order valence-electron chi connectivity index (χ2n) is 5.04. The average Bonchev–Trinajstić information content (AvgIpc) is 3.18. The minimum absolute atomic E-state index is 0.303. The quantitative estimate of drug-likeness (QED) is 0.868. The molecule has 3 rings (SSSR count). The van der Waals surface area contributed by atoms with E-state index in [1.807, 2.05) is 26.1 Å². The van der Waals surface area contributed by atoms with E-state index < -0.39 is 0 Å². The van der Waals surface area contributed by atoms with Gasteiger partial charge < -0.3 is 14.6 Å². The van der Waals surface area contributed by atoms with E-state index in [2.05, 4.69) is 20.4 Å². The predicted molar refractivity (Wildman–Crippen MR) is 72.3 cm³/mol. The molecule has 6 nitrogen and oxygen atoms in total. The smallest absolute Gasteiger partial charge is 0.229 e. The molecule has 6 heteroatoms. The van der Waals surface area contributed by atoms with Gasteiger partial charge in [0, 0.05) is 18.2 Å². The first-order valence-electron chi connectivity index (χ1n) is 6.82. The number of ether oxygens (including phenoxy) is 1. The lowest BCUT2D eigenvalue weighted by atomic mass is 10.3. The van der Waals surface area contributed by atoms with E-state index in [1.165, 1.54) is 0 Å². The molecule has 106 valence electrons. The van der Waals surface area contributed by atoms with Crippen LogP contribution in [0.2, 0.25) is 0 Å². The van der Waals surface area contributed by atoms with Gasteiger partial charge in [-0.1, -0.05) is 5.16 Å². The number of rotatable bonds is 6. The fourth-order valence-electron chi connectivity index (χ4n) is 1.99. The number of aromatic nitrogens is 3. The van der Waals surface area contributed by atoms with Crippen molar-refractivity contribution in [2.45, 2.75) is 38.8 Å². The van der Waals surface area contributed by atoms with Gasteiger partial charge in [0.1, 0.15) is 5.75 Å². The van der Waals surface area contributed by atoms with Crippen LogP contribution in [0.5, 0.6) is 5.75 Å². The first-order valence-corrected chi connectivity index (χ1v) is 6.82. The standard InChI is InChI=1S/C14H18N4O2/c1-9-3-6-12(11(16-9)7-15-2)19-8-13-17-14(20-18-13)10-4-5-10/h3,6,10,15H,4-5,7-8H2,1-2H3. The lowest BCUT2D eigenvalue weighted by molar-refractivity contribution is 0.280. The Hall–Kier alpha value is -1.95. The topological polar surface area (TPSA) is 73.1 Å². The van der Waals surface area contributed by atoms with Crippen LogP contribution in [0.4, 0.5) is 0 Å². The molecule has 0 spiro atoms. The number of aryl methyl sites for hydroxylation is 1. The molecule has 1 aliphatic rings. The van der Waals surface area contributed by atoms with Crippen LogP contribution in [-0.4, -0.2) is 22.2 Å². The maximum absolute atomic E-state index is 5.76. The minimum atomic E-state index is 0.303. The molecule has 0 atom stereocenters. The van der Waals surface area contributed by atoms with Gasteiger partial charge in [-0.05, 0) is 38.9 Å². The molecule has 0 bridgehead atoms. The van der Waals surface area contributed by atoms with Gasteiger partial charge >= 0.3 is 0 Å². The summed E-state index contributed by atoms with van der Waals surface area (Å²) in [6.45, 7) is 2.93. The highest BCUT2D eigenvalue weighted by molar-refractivity contribution is 5.29. The fourth-order valence-corrected chi connectivity index (χ4v) is 1.99. The zero-order valence-corrected chi connectivity index (χ0v) is 11.7. The number of pyridine rings is 1. The van der Waals surface area contributed by atoms with E-state index in [4.69, 9.17) is 9.26 Å². The molecule has 1 fully saturated rings. The van der Waals surface area contributed by atoms with Crippen LogP contribution >= 0.6 is 0 Å². The summed E-state index contributed by atoms with van der Waals surface area (Å²) in [5.41, 5.74) is 1.86. The van der Waals surface area contributed by atoms with E-state index in [0.29, 0.717) is 24.9 Å². The van der Waals surface area contributed by atoms with Crippen LogP contribution in [0.25, 0.3) is 0 Å². The molecule has 0 aromatic carbocycles. The molecular weight excluding hydrogens is 256 g/mol. The van der Waals surface area contributed by atoms with Gasteiger partial charge in [0.15, 0.2) is 6.61 Å². The van der Waals surface area contributed by atoms with E-state index in [0.717, 1.165) is 35.9 Å². The normalized spacial score (nSPS) is 14.5. The van der Waals surface area contributed by atoms with Gasteiger partial charge in [0.05, 0.1) is 5.69 Å². The van der Waals surface area contributed by atoms with E-state index >= 15 is 0 Å². The van der Waals surface area contributed by atoms with Crippen molar-refractivity contribution in [1.29, 1.82) is 0 Å². The monoisotopic (exact) mass is 274 g/mol. The Morgan fingerprint density at radius 3 is 2.95 bits per heavy atom. The Kier molecular flexibility index (Phi) is 3.64. The van der Waals surface area contributed by atoms with Gasteiger partial charge in [-0.2, -0.15) is 4.98 Å². The zero-order chi connectivity index (χ0) is 13.9. The SMILES string of the molecule is CNCc1nc(C)ccc1OCc1noc(C2CC2)n1. The van der Waals surface area contributed by atoms with Crippen molar-refractivity contribution in [3.8, 4) is 5.75 Å². The van der Waals surface area contributed by atoms with Crippen molar-refractivity contribution in [2.24, 2.45) is 0 Å². The second kappa shape index (κ2) is 5.58. The highest BCUT2D eigenvalue weighted by atomic mass is 16.5. The Labute approximate surface area is 117 Å². The van der Waals surface area contributed by atoms with Gasteiger partial charge in [-0.15, -0.1) is 0 Å². The van der Waals surface area contributed by atoms with Gasteiger partial charge in [-0.25, -0.2) is 0 Å². The second-order valence-corrected chi connectivity index (χ2v) is 5.04. The van der Waals surface area contributed by atoms with Gasteiger partial charge in [0.2, 0.25) is 11.7 Å². The molecule has 20 heavy (non-hydrogen) atoms. The Morgan fingerprint density at radius 1 is 1.35 bits per heavy atom. The van der Waals surface area contributed by atoms with Crippen molar-refractivity contribution in [3.05, 3.63) is 35.2 Å². The number of hydrogen-bond donors (Lipinski definition) is 1. The third kappa shape index (κ3) is 2.96. The Balaban J connectivity index is 1.67. The lowest BCUT2D eigenvalue weighted by Gasteiger charge is -2.09. The third-order valence-electron chi connectivity index (χ3n) is 3.18. The molecule has 0 amide bonds. The van der Waals surface area contributed by atoms with Crippen molar-refractivity contribution < 1.29 is 9.26 Å². The molecule has 2 aromatic heterocycles. The van der Waals surface area contributed by atoms with Crippen molar-refractivity contribution in [2.75, 3.05) is 7.05 Å². The summed E-state index contributed by atoms with van der Waals surface area (Å²) >= 11 is 0. The van der Waals surface area contributed by atoms with Crippen LogP contribution < -0.4 is 10.1 Å². The van der Waals surface area contributed by atoms with E-state index in [1.54, 1.807) is 0 Å². The van der Waals surface area contributed by atoms with Crippen LogP contribution in [0.15, 0.2) is 16.7 Å². The van der Waals surface area contributed by atoms with Crippen molar-refractivity contribution >= 4 is 0 Å². The fraction of sp³-hybridized carbons (Fsp3) is 0.500. The first kappa shape index (κ1) is 13.1. The number of nitrogens with zero attached hydrogens (tertiary/aromatic N) is 3. The zero-order valence-electron chi connectivity index (χ0n) is 11.7. The Morgan fingerprint density at radius 2 is 2.20 bits per heavy atom. The molecule has 0 aliphatic heterocycles. The van der Waals surface area contributed by atoms with E-state index in [9.17, 15) is 0 Å². The maximum Gasteiger partial charge on any atom is 0.229 e. The molecule has 1 aliphatic carbocycles. The number of hydrogen-bond acceptors (Lipinski definition) is 6. The van der Waals surface area contributed by atoms with Crippen molar-refractivity contribution in [3.63, 3.8) is 0 Å². The summed E-state index contributed by atoms with van der Waals surface area (Å²) in [5, 5.41) is 7.02. The number of nitrogens with one attached hydrogen (secondary N) is 1. The van der Waals surface area contributed by atoms with Crippen LogP contribution in [0, 0.1) is 6.92 Å². The molecule has 2 aromatic rings. The summed E-state index contributed by atoms with van der Waals surface area (Å²) in [6.07, 6.45) is 2.30. The van der Waals surface area contributed by atoms with Crippen LogP contribution in [0.1, 0.15) is 41.9 Å². The average molecular weight is 274 g/mol. The summed E-state index contributed by atoms with van der Waals surface area (Å²) in [6, 6.07) is 3.86. The van der Waals surface area contributed by atoms with Gasteiger partial charge in [-0.3, -0.25) is 4.98 Å². The molecule has 0 unspecified atom stereocenters. The molecule has 2 heterocycles. The lowest BCUT2D eigenvalue weighted by Crippen LogP contribution is -2.10. The van der Waals surface area contributed by atoms with Crippen molar-refractivity contribution in [1.82, 2.24) is 20.4 Å². The molecular formula is C14H18N4O2. The maximum atomic E-state index is 5.76. The Bertz CT molecular complexity index is 593. The highest BCUT2D eigenvalue weighted by Gasteiger charge is 2.29. The summed E-state index contributed by atoms with van der Waals surface area (Å²) in [7, 11) is 1.88. The minimum Gasteiger partial charge on any atom is -0.484 e. The molecule has 0 radical (unpaired) electrons. The molecule has 1 N–H and O–H groups in total. The van der Waals surface area contributed by atoms with Gasteiger partial charge in [0.25, 0.3) is 0 Å². The van der Waals surface area contributed by atoms with Crippen LogP contribution in [0.3, 0.4) is 0 Å². The third-order valence-corrected chi connectivity index (χ3v) is 3.18. The highest BCUT2D eigenvalue weighted by Crippen LogP contribution is 2.38.